The van der Waals surface area contributed by atoms with Crippen molar-refractivity contribution < 1.29 is 19.8 Å². The fourth-order valence-corrected chi connectivity index (χ4v) is 6.85. The molecule has 4 aromatic rings. The van der Waals surface area contributed by atoms with Crippen molar-refractivity contribution in [3.8, 4) is 0 Å². The quantitative estimate of drug-likeness (QED) is 0.126. The Morgan fingerprint density at radius 1 is 0.431 bits per heavy atom. The molecule has 2 atom stereocenters. The monoisotopic (exact) mass is 690 g/mol. The molecule has 0 aliphatic rings. The molecule has 6 heteroatoms. The first-order valence-corrected chi connectivity index (χ1v) is 17.9. The molecule has 0 aliphatic carbocycles. The molecule has 2 amide bonds. The Morgan fingerprint density at radius 3 is 0.804 bits per heavy atom. The highest BCUT2D eigenvalue weighted by Gasteiger charge is 2.52. The van der Waals surface area contributed by atoms with E-state index in [4.69, 9.17) is 0 Å². The minimum atomic E-state index is -1.63. The average molecular weight is 691 g/mol. The van der Waals surface area contributed by atoms with Crippen LogP contribution in [0.1, 0.15) is 99.9 Å². The van der Waals surface area contributed by atoms with Crippen LogP contribution in [0.25, 0.3) is 0 Å². The van der Waals surface area contributed by atoms with Crippen LogP contribution < -0.4 is 10.6 Å². The second-order valence-corrected chi connectivity index (χ2v) is 17.2. The Hall–Kier alpha value is -4.26. The summed E-state index contributed by atoms with van der Waals surface area (Å²) >= 11 is 0. The first-order valence-electron chi connectivity index (χ1n) is 17.9. The van der Waals surface area contributed by atoms with Crippen molar-refractivity contribution in [1.29, 1.82) is 0 Å². The highest BCUT2D eigenvalue weighted by atomic mass is 16.3. The van der Waals surface area contributed by atoms with E-state index in [2.05, 4.69) is 10.6 Å². The molecular weight excluding hydrogens is 633 g/mol. The Balaban J connectivity index is 1.78. The number of amides is 2. The molecule has 51 heavy (non-hydrogen) atoms. The molecule has 4 aromatic carbocycles. The lowest BCUT2D eigenvalue weighted by atomic mass is 9.68. The molecule has 0 fully saturated rings. The van der Waals surface area contributed by atoms with Crippen molar-refractivity contribution in [3.63, 3.8) is 0 Å². The molecule has 0 radical (unpaired) electrons. The van der Waals surface area contributed by atoms with Gasteiger partial charge in [-0.15, -0.1) is 0 Å². The molecule has 0 spiro atoms. The molecule has 0 aromatic heterocycles. The van der Waals surface area contributed by atoms with Crippen LogP contribution in [0.4, 0.5) is 0 Å². The minimum absolute atomic E-state index is 0.542. The summed E-state index contributed by atoms with van der Waals surface area (Å²) in [5.74, 6) is -1.08. The van der Waals surface area contributed by atoms with Gasteiger partial charge in [0.25, 0.3) is 0 Å². The van der Waals surface area contributed by atoms with Gasteiger partial charge in [-0.1, -0.05) is 161 Å². The normalized spacial score (nSPS) is 14.1. The number of hydrogen-bond acceptors (Lipinski definition) is 4. The van der Waals surface area contributed by atoms with E-state index in [-0.39, 0.29) is 0 Å². The second kappa shape index (κ2) is 14.4. The van der Waals surface area contributed by atoms with Gasteiger partial charge in [-0.2, -0.15) is 0 Å². The van der Waals surface area contributed by atoms with Gasteiger partial charge in [-0.3, -0.25) is 9.59 Å². The molecule has 0 heterocycles. The number of hydrogen-bond donors (Lipinski definition) is 4. The third kappa shape index (κ3) is 8.13. The van der Waals surface area contributed by atoms with E-state index < -0.39 is 51.3 Å². The largest absolute Gasteiger partial charge is 0.378 e. The summed E-state index contributed by atoms with van der Waals surface area (Å²) in [4.78, 5) is 29.1. The third-order valence-electron chi connectivity index (χ3n) is 10.2. The smallest absolute Gasteiger partial charge is 0.235 e. The molecule has 4 N–H and O–H groups in total. The fourth-order valence-electron chi connectivity index (χ4n) is 6.85. The van der Waals surface area contributed by atoms with Crippen LogP contribution >= 0.6 is 0 Å². The van der Waals surface area contributed by atoms with Gasteiger partial charge in [0.2, 0.25) is 11.8 Å². The van der Waals surface area contributed by atoms with Gasteiger partial charge < -0.3 is 20.8 Å². The summed E-state index contributed by atoms with van der Waals surface area (Å²) in [6.07, 6.45) is 0. The zero-order chi connectivity index (χ0) is 38.2. The molecule has 2 unspecified atom stereocenters. The highest BCUT2D eigenvalue weighted by Crippen LogP contribution is 2.43. The lowest BCUT2D eigenvalue weighted by Crippen LogP contribution is -2.64. The number of carbonyl (C=O) groups is 2. The standard InChI is InChI=1S/C45H58N2O4/c1-29-13-21-33(22-14-29)44(50,34-23-15-30(2)16-24-34)37(41(5,6)7)46-39(48)43(11,12)40(49)47-38(42(8,9)10)45(51,35-25-17-31(3)18-26-35)36-27-19-32(4)20-28-36/h13-28,37-38,50-51H,1-12H3,(H,46,48)(H,47,49). The number of benzene rings is 4. The van der Waals surface area contributed by atoms with Gasteiger partial charge in [0.05, 0.1) is 12.1 Å². The number of carbonyl (C=O) groups excluding carboxylic acids is 2. The number of nitrogens with one attached hydrogen (secondary N) is 2. The Labute approximate surface area is 305 Å². The first kappa shape index (κ1) is 39.5. The Bertz CT molecular complexity index is 1580. The van der Waals surface area contributed by atoms with Gasteiger partial charge in [0.1, 0.15) is 16.6 Å². The maximum Gasteiger partial charge on any atom is 0.235 e. The molecule has 0 saturated carbocycles. The molecule has 4 rings (SSSR count). The van der Waals surface area contributed by atoms with Crippen LogP contribution in [-0.4, -0.2) is 34.1 Å². The summed E-state index contributed by atoms with van der Waals surface area (Å²) < 4.78 is 0. The average Bonchev–Trinajstić information content (AvgIpc) is 3.05. The first-order chi connectivity index (χ1) is 23.5. The van der Waals surface area contributed by atoms with E-state index in [1.807, 2.05) is 166 Å². The van der Waals surface area contributed by atoms with Crippen LogP contribution in [0.2, 0.25) is 0 Å². The van der Waals surface area contributed by atoms with Gasteiger partial charge >= 0.3 is 0 Å². The van der Waals surface area contributed by atoms with Crippen LogP contribution in [0.15, 0.2) is 97.1 Å². The van der Waals surface area contributed by atoms with Gasteiger partial charge in [-0.25, -0.2) is 0 Å². The third-order valence-corrected chi connectivity index (χ3v) is 10.2. The predicted molar refractivity (Wildman–Crippen MR) is 207 cm³/mol. The van der Waals surface area contributed by atoms with Crippen molar-refractivity contribution >= 4 is 11.8 Å². The summed E-state index contributed by atoms with van der Waals surface area (Å²) in [6, 6.07) is 29.0. The topological polar surface area (TPSA) is 98.7 Å². The van der Waals surface area contributed by atoms with Gasteiger partial charge in [0, 0.05) is 0 Å². The minimum Gasteiger partial charge on any atom is -0.378 e. The maximum atomic E-state index is 14.5. The van der Waals surface area contributed by atoms with E-state index in [0.29, 0.717) is 22.3 Å². The number of aryl methyl sites for hydroxylation is 4. The van der Waals surface area contributed by atoms with Gasteiger partial charge in [0.15, 0.2) is 0 Å². The summed E-state index contributed by atoms with van der Waals surface area (Å²) in [6.45, 7) is 22.9. The number of aliphatic hydroxyl groups is 2. The lowest BCUT2D eigenvalue weighted by Gasteiger charge is -2.47. The summed E-state index contributed by atoms with van der Waals surface area (Å²) in [5.41, 5.74) is 0.537. The van der Waals surface area contributed by atoms with Crippen LogP contribution in [0, 0.1) is 43.9 Å². The van der Waals surface area contributed by atoms with Crippen molar-refractivity contribution in [1.82, 2.24) is 10.6 Å². The van der Waals surface area contributed by atoms with Crippen molar-refractivity contribution in [3.05, 3.63) is 142 Å². The van der Waals surface area contributed by atoms with Crippen LogP contribution in [0.5, 0.6) is 0 Å². The molecule has 0 saturated heterocycles. The molecule has 0 bridgehead atoms. The maximum absolute atomic E-state index is 14.5. The van der Waals surface area contributed by atoms with Crippen molar-refractivity contribution in [2.75, 3.05) is 0 Å². The van der Waals surface area contributed by atoms with Crippen LogP contribution in [-0.2, 0) is 20.8 Å². The zero-order valence-corrected chi connectivity index (χ0v) is 32.6. The molecule has 0 aliphatic heterocycles. The fraction of sp³-hybridized carbons (Fsp3) is 0.422. The number of rotatable bonds is 10. The van der Waals surface area contributed by atoms with Gasteiger partial charge in [-0.05, 0) is 74.6 Å². The summed E-state index contributed by atoms with van der Waals surface area (Å²) in [7, 11) is 0. The van der Waals surface area contributed by atoms with E-state index in [1.54, 1.807) is 13.8 Å². The van der Waals surface area contributed by atoms with E-state index in [9.17, 15) is 19.8 Å². The van der Waals surface area contributed by atoms with E-state index in [1.165, 1.54) is 0 Å². The molecule has 6 nitrogen and oxygen atoms in total. The molecular formula is C45H58N2O4. The Morgan fingerprint density at radius 2 is 0.627 bits per heavy atom. The second-order valence-electron chi connectivity index (χ2n) is 17.2. The molecule has 272 valence electrons. The van der Waals surface area contributed by atoms with Crippen molar-refractivity contribution in [2.24, 2.45) is 16.2 Å². The SMILES string of the molecule is Cc1ccc(C(O)(c2ccc(C)cc2)C(NC(=O)C(C)(C)C(=O)NC(C(C)(C)C)C(O)(c2ccc(C)cc2)c2ccc(C)cc2)C(C)(C)C)cc1. The summed E-state index contributed by atoms with van der Waals surface area (Å²) in [5, 5.41) is 32.1. The van der Waals surface area contributed by atoms with Crippen molar-refractivity contribution in [2.45, 2.75) is 106 Å². The van der Waals surface area contributed by atoms with Crippen LogP contribution in [0.3, 0.4) is 0 Å². The van der Waals surface area contributed by atoms with E-state index >= 15 is 0 Å². The van der Waals surface area contributed by atoms with E-state index in [0.717, 1.165) is 22.3 Å². The Kier molecular flexibility index (Phi) is 11.2. The highest BCUT2D eigenvalue weighted by molar-refractivity contribution is 6.04. The predicted octanol–water partition coefficient (Wildman–Crippen LogP) is 8.18. The zero-order valence-electron chi connectivity index (χ0n) is 32.6. The lowest BCUT2D eigenvalue weighted by molar-refractivity contribution is -0.146.